The Hall–Kier alpha value is -3.38. The number of hydrogen-bond acceptors (Lipinski definition) is 8. The number of carbonyl (C=O) groups excluding carboxylic acids is 3. The summed E-state index contributed by atoms with van der Waals surface area (Å²) in [6, 6.07) is 5.94. The van der Waals surface area contributed by atoms with E-state index in [4.69, 9.17) is 0 Å². The zero-order valence-electron chi connectivity index (χ0n) is 19.6. The third kappa shape index (κ3) is 6.20. The lowest BCUT2D eigenvalue weighted by Crippen LogP contribution is -2.57. The van der Waals surface area contributed by atoms with E-state index in [1.165, 1.54) is 42.6 Å². The predicted octanol–water partition coefficient (Wildman–Crippen LogP) is 0.398. The van der Waals surface area contributed by atoms with E-state index < -0.39 is 39.7 Å². The second kappa shape index (κ2) is 11.4. The quantitative estimate of drug-likeness (QED) is 0.388. The number of ketones is 1. The van der Waals surface area contributed by atoms with E-state index in [2.05, 4.69) is 15.6 Å². The molecule has 3 rings (SSSR count). The highest BCUT2D eigenvalue weighted by molar-refractivity contribution is 7.89. The maximum atomic E-state index is 13.9. The summed E-state index contributed by atoms with van der Waals surface area (Å²) in [5.74, 6) is -2.36. The van der Waals surface area contributed by atoms with Crippen molar-refractivity contribution in [3.05, 3.63) is 59.7 Å². The first-order valence-electron chi connectivity index (χ1n) is 11.3. The Morgan fingerprint density at radius 3 is 2.66 bits per heavy atom. The van der Waals surface area contributed by atoms with Crippen molar-refractivity contribution in [3.63, 3.8) is 0 Å². The van der Waals surface area contributed by atoms with E-state index in [-0.39, 0.29) is 36.0 Å². The van der Waals surface area contributed by atoms with Crippen molar-refractivity contribution in [2.24, 2.45) is 5.92 Å². The molecule has 1 saturated heterocycles. The summed E-state index contributed by atoms with van der Waals surface area (Å²) >= 11 is 0. The van der Waals surface area contributed by atoms with Crippen molar-refractivity contribution in [2.75, 3.05) is 13.1 Å². The molecule has 35 heavy (non-hydrogen) atoms. The summed E-state index contributed by atoms with van der Waals surface area (Å²) in [6.45, 7) is 4.02. The molecule has 188 valence electrons. The van der Waals surface area contributed by atoms with Gasteiger partial charge in [-0.15, -0.1) is 0 Å². The minimum atomic E-state index is -4.53. The topological polar surface area (TPSA) is 152 Å². The van der Waals surface area contributed by atoms with Crippen LogP contribution in [0.2, 0.25) is 0 Å². The molecule has 0 saturated carbocycles. The SMILES string of the molecule is CC(C)CC(NC(=O)c1cccc[n+]1[O-])C(=O)N([C@H]1CCCNCC1=O)S(=O)(=O)c1ccccn1. The Morgan fingerprint density at radius 2 is 2.00 bits per heavy atom. The molecule has 0 aliphatic carbocycles. The lowest BCUT2D eigenvalue weighted by atomic mass is 10.0. The van der Waals surface area contributed by atoms with Gasteiger partial charge in [-0.2, -0.15) is 13.1 Å². The number of amides is 2. The number of nitrogens with zero attached hydrogens (tertiary/aromatic N) is 3. The molecule has 1 aliphatic rings. The lowest BCUT2D eigenvalue weighted by molar-refractivity contribution is -0.607. The van der Waals surface area contributed by atoms with Crippen molar-refractivity contribution in [2.45, 2.75) is 50.2 Å². The monoisotopic (exact) mass is 503 g/mol. The van der Waals surface area contributed by atoms with Crippen LogP contribution >= 0.6 is 0 Å². The van der Waals surface area contributed by atoms with Crippen LogP contribution in [0.3, 0.4) is 0 Å². The van der Waals surface area contributed by atoms with Crippen molar-refractivity contribution in [1.29, 1.82) is 0 Å². The van der Waals surface area contributed by atoms with Gasteiger partial charge in [0.05, 0.1) is 6.54 Å². The molecule has 12 heteroatoms. The van der Waals surface area contributed by atoms with Gasteiger partial charge < -0.3 is 15.8 Å². The highest BCUT2D eigenvalue weighted by Gasteiger charge is 2.43. The Bertz CT molecular complexity index is 1170. The van der Waals surface area contributed by atoms with Crippen molar-refractivity contribution >= 4 is 27.6 Å². The van der Waals surface area contributed by atoms with Gasteiger partial charge in [0, 0.05) is 18.3 Å². The first-order valence-corrected chi connectivity index (χ1v) is 12.8. The molecule has 1 aliphatic heterocycles. The summed E-state index contributed by atoms with van der Waals surface area (Å²) in [7, 11) is -4.53. The molecule has 2 aromatic heterocycles. The zero-order valence-corrected chi connectivity index (χ0v) is 20.4. The number of aromatic nitrogens is 2. The van der Waals surface area contributed by atoms with Gasteiger partial charge in [-0.1, -0.05) is 19.9 Å². The molecule has 2 atom stereocenters. The largest absolute Gasteiger partial charge is 0.618 e. The molecule has 1 fully saturated rings. The second-order valence-corrected chi connectivity index (χ2v) is 10.4. The van der Waals surface area contributed by atoms with E-state index >= 15 is 0 Å². The average molecular weight is 504 g/mol. The van der Waals surface area contributed by atoms with Gasteiger partial charge in [-0.3, -0.25) is 14.4 Å². The molecule has 0 spiro atoms. The smallest absolute Gasteiger partial charge is 0.318 e. The van der Waals surface area contributed by atoms with Gasteiger partial charge in [-0.05, 0) is 49.9 Å². The Morgan fingerprint density at radius 1 is 1.26 bits per heavy atom. The van der Waals surface area contributed by atoms with Crippen molar-refractivity contribution in [1.82, 2.24) is 19.9 Å². The summed E-state index contributed by atoms with van der Waals surface area (Å²) in [5, 5.41) is 17.1. The van der Waals surface area contributed by atoms with Gasteiger partial charge >= 0.3 is 5.91 Å². The van der Waals surface area contributed by atoms with Crippen LogP contribution in [0.1, 0.15) is 43.6 Å². The predicted molar refractivity (Wildman–Crippen MR) is 125 cm³/mol. The fraction of sp³-hybridized carbons (Fsp3) is 0.435. The van der Waals surface area contributed by atoms with Crippen LogP contribution in [0.4, 0.5) is 0 Å². The number of rotatable bonds is 8. The van der Waals surface area contributed by atoms with Crippen LogP contribution in [0.5, 0.6) is 0 Å². The van der Waals surface area contributed by atoms with Crippen LogP contribution < -0.4 is 15.4 Å². The fourth-order valence-corrected chi connectivity index (χ4v) is 5.45. The molecular weight excluding hydrogens is 474 g/mol. The van der Waals surface area contributed by atoms with Gasteiger partial charge in [-0.25, -0.2) is 9.29 Å². The Balaban J connectivity index is 2.04. The molecule has 3 heterocycles. The zero-order chi connectivity index (χ0) is 25.6. The minimum absolute atomic E-state index is 0.0870. The summed E-state index contributed by atoms with van der Waals surface area (Å²) in [6.07, 6.45) is 3.11. The molecule has 0 aromatic carbocycles. The molecule has 0 radical (unpaired) electrons. The standard InChI is InChI=1S/C23H29N5O6S/c1-16(2)14-17(26-22(30)19-8-4-6-13-27(19)32)23(31)28(18-9-7-11-24-15-20(18)29)35(33,34)21-10-3-5-12-25-21/h3-6,8,10,12-13,16-18,24H,7,9,11,14-15H2,1-2H3,(H,26,30)/t17?,18-/m0/s1. The second-order valence-electron chi connectivity index (χ2n) is 8.68. The van der Waals surface area contributed by atoms with Gasteiger partial charge in [0.1, 0.15) is 12.1 Å². The summed E-state index contributed by atoms with van der Waals surface area (Å²) in [4.78, 5) is 43.5. The first kappa shape index (κ1) is 26.2. The maximum absolute atomic E-state index is 13.9. The van der Waals surface area contributed by atoms with Crippen LogP contribution in [0.15, 0.2) is 53.8 Å². The van der Waals surface area contributed by atoms with E-state index in [1.807, 2.05) is 0 Å². The number of nitrogens with one attached hydrogen (secondary N) is 2. The minimum Gasteiger partial charge on any atom is -0.618 e. The van der Waals surface area contributed by atoms with E-state index in [0.717, 1.165) is 6.20 Å². The normalized spacial score (nSPS) is 17.5. The molecule has 11 nitrogen and oxygen atoms in total. The van der Waals surface area contributed by atoms with Crippen LogP contribution in [-0.2, 0) is 19.6 Å². The van der Waals surface area contributed by atoms with Crippen LogP contribution in [0, 0.1) is 11.1 Å². The fourth-order valence-electron chi connectivity index (χ4n) is 3.88. The maximum Gasteiger partial charge on any atom is 0.318 e. The van der Waals surface area contributed by atoms with Gasteiger partial charge in [0.25, 0.3) is 21.6 Å². The number of hydrogen-bond donors (Lipinski definition) is 2. The van der Waals surface area contributed by atoms with Gasteiger partial charge in [0.2, 0.25) is 0 Å². The number of pyridine rings is 2. The average Bonchev–Trinajstić information content (AvgIpc) is 3.03. The van der Waals surface area contributed by atoms with E-state index in [0.29, 0.717) is 22.0 Å². The molecule has 1 unspecified atom stereocenters. The lowest BCUT2D eigenvalue weighted by Gasteiger charge is -2.32. The van der Waals surface area contributed by atoms with Crippen LogP contribution in [0.25, 0.3) is 0 Å². The van der Waals surface area contributed by atoms with Gasteiger partial charge in [0.15, 0.2) is 17.0 Å². The summed E-state index contributed by atoms with van der Waals surface area (Å²) in [5.41, 5.74) is -0.247. The molecule has 2 aromatic rings. The van der Waals surface area contributed by atoms with E-state index in [9.17, 15) is 28.0 Å². The van der Waals surface area contributed by atoms with Crippen molar-refractivity contribution < 1.29 is 27.5 Å². The first-order chi connectivity index (χ1) is 16.6. The number of sulfonamides is 1. The highest BCUT2D eigenvalue weighted by atomic mass is 32.2. The number of carbonyl (C=O) groups is 3. The summed E-state index contributed by atoms with van der Waals surface area (Å²) < 4.78 is 28.2. The highest BCUT2D eigenvalue weighted by Crippen LogP contribution is 2.23. The molecule has 2 amide bonds. The van der Waals surface area contributed by atoms with Crippen LogP contribution in [-0.4, -0.2) is 60.5 Å². The molecular formula is C23H29N5O6S. The van der Waals surface area contributed by atoms with Crippen molar-refractivity contribution in [3.8, 4) is 0 Å². The van der Waals surface area contributed by atoms with E-state index in [1.54, 1.807) is 13.8 Å². The Labute approximate surface area is 204 Å². The number of Topliss-reactive ketones (excluding diaryl/α,β-unsaturated/α-hetero) is 1. The third-order valence-corrected chi connectivity index (χ3v) is 7.25. The molecule has 2 N–H and O–H groups in total. The molecule has 0 bridgehead atoms. The third-order valence-electron chi connectivity index (χ3n) is 5.53. The Kier molecular flexibility index (Phi) is 8.52.